The van der Waals surface area contributed by atoms with Crippen molar-refractivity contribution in [3.05, 3.63) is 0 Å². The molecule has 5 nitrogen and oxygen atoms in total. The summed E-state index contributed by atoms with van der Waals surface area (Å²) in [6, 6.07) is 0. The highest BCUT2D eigenvalue weighted by molar-refractivity contribution is 5.78. The van der Waals surface area contributed by atoms with Crippen molar-refractivity contribution >= 4 is 11.8 Å². The van der Waals surface area contributed by atoms with Crippen molar-refractivity contribution in [2.24, 2.45) is 5.92 Å². The zero-order chi connectivity index (χ0) is 13.0. The lowest BCUT2D eigenvalue weighted by atomic mass is 10.2. The zero-order valence-corrected chi connectivity index (χ0v) is 10.9. The SMILES string of the molecule is CC.COCC(=O)NCCNC(=O)C(C)C. The molecule has 0 radical (unpaired) electrons. The quantitative estimate of drug-likeness (QED) is 0.657. The van der Waals surface area contributed by atoms with Crippen LogP contribution >= 0.6 is 0 Å². The van der Waals surface area contributed by atoms with Crippen LogP contribution in [0.25, 0.3) is 0 Å². The van der Waals surface area contributed by atoms with Gasteiger partial charge in [-0.3, -0.25) is 9.59 Å². The van der Waals surface area contributed by atoms with E-state index in [1.165, 1.54) is 7.11 Å². The third kappa shape index (κ3) is 11.0. The summed E-state index contributed by atoms with van der Waals surface area (Å²) in [6.45, 7) is 8.57. The Kier molecular flexibility index (Phi) is 12.9. The highest BCUT2D eigenvalue weighted by Crippen LogP contribution is 1.88. The summed E-state index contributed by atoms with van der Waals surface area (Å²) in [5.41, 5.74) is 0. The van der Waals surface area contributed by atoms with Crippen LogP contribution in [-0.4, -0.2) is 38.6 Å². The molecule has 0 fully saturated rings. The van der Waals surface area contributed by atoms with Crippen molar-refractivity contribution in [1.29, 1.82) is 0 Å². The molecule has 0 aromatic heterocycles. The van der Waals surface area contributed by atoms with E-state index >= 15 is 0 Å². The molecule has 0 unspecified atom stereocenters. The Morgan fingerprint density at radius 2 is 1.62 bits per heavy atom. The van der Waals surface area contributed by atoms with Gasteiger partial charge in [0.25, 0.3) is 0 Å². The Balaban J connectivity index is 0. The fourth-order valence-electron chi connectivity index (χ4n) is 0.774. The normalized spacial score (nSPS) is 9.12. The lowest BCUT2D eigenvalue weighted by Crippen LogP contribution is -2.37. The summed E-state index contributed by atoms with van der Waals surface area (Å²) in [5.74, 6) is -0.207. The molecule has 16 heavy (non-hydrogen) atoms. The fourth-order valence-corrected chi connectivity index (χ4v) is 0.774. The number of carbonyl (C=O) groups excluding carboxylic acids is 2. The third-order valence-electron chi connectivity index (χ3n) is 1.55. The number of ether oxygens (including phenoxy) is 1. The van der Waals surface area contributed by atoms with E-state index in [0.717, 1.165) is 0 Å². The fraction of sp³-hybridized carbons (Fsp3) is 0.818. The van der Waals surface area contributed by atoms with Crippen LogP contribution in [0.4, 0.5) is 0 Å². The lowest BCUT2D eigenvalue weighted by molar-refractivity contribution is -0.126. The van der Waals surface area contributed by atoms with Crippen LogP contribution in [0.3, 0.4) is 0 Å². The molecule has 0 atom stereocenters. The van der Waals surface area contributed by atoms with Gasteiger partial charge in [0.1, 0.15) is 6.61 Å². The van der Waals surface area contributed by atoms with Gasteiger partial charge >= 0.3 is 0 Å². The lowest BCUT2D eigenvalue weighted by Gasteiger charge is -2.08. The van der Waals surface area contributed by atoms with Crippen molar-refractivity contribution in [3.8, 4) is 0 Å². The molecule has 0 aromatic carbocycles. The molecule has 0 aliphatic carbocycles. The van der Waals surface area contributed by atoms with Crippen LogP contribution in [0.2, 0.25) is 0 Å². The van der Waals surface area contributed by atoms with Gasteiger partial charge in [-0.15, -0.1) is 0 Å². The van der Waals surface area contributed by atoms with Gasteiger partial charge in [0, 0.05) is 26.1 Å². The number of hydrogen-bond acceptors (Lipinski definition) is 3. The average Bonchev–Trinajstić information content (AvgIpc) is 2.27. The van der Waals surface area contributed by atoms with E-state index in [-0.39, 0.29) is 24.3 Å². The number of amides is 2. The number of carbonyl (C=O) groups is 2. The molecule has 0 aliphatic heterocycles. The van der Waals surface area contributed by atoms with Crippen LogP contribution in [0.15, 0.2) is 0 Å². The van der Waals surface area contributed by atoms with Crippen LogP contribution in [0, 0.1) is 5.92 Å². The first kappa shape index (κ1) is 17.3. The van der Waals surface area contributed by atoms with E-state index in [1.807, 2.05) is 27.7 Å². The maximum Gasteiger partial charge on any atom is 0.246 e. The molecular weight excluding hydrogens is 208 g/mol. The van der Waals surface area contributed by atoms with Crippen molar-refractivity contribution < 1.29 is 14.3 Å². The smallest absolute Gasteiger partial charge is 0.246 e. The van der Waals surface area contributed by atoms with Gasteiger partial charge in [0.05, 0.1) is 0 Å². The Bertz CT molecular complexity index is 194. The van der Waals surface area contributed by atoms with Gasteiger partial charge in [0.15, 0.2) is 0 Å². The predicted octanol–water partition coefficient (Wildman–Crippen LogP) is 0.547. The Hall–Kier alpha value is -1.10. The molecule has 2 N–H and O–H groups in total. The van der Waals surface area contributed by atoms with Gasteiger partial charge < -0.3 is 15.4 Å². The molecule has 0 spiro atoms. The minimum atomic E-state index is -0.175. The van der Waals surface area contributed by atoms with Crippen LogP contribution in [0.5, 0.6) is 0 Å². The number of nitrogens with one attached hydrogen (secondary N) is 2. The van der Waals surface area contributed by atoms with E-state index < -0.39 is 0 Å². The molecule has 5 heteroatoms. The van der Waals surface area contributed by atoms with Gasteiger partial charge in [-0.05, 0) is 0 Å². The molecule has 0 heterocycles. The average molecular weight is 232 g/mol. The molecule has 0 aliphatic rings. The minimum Gasteiger partial charge on any atom is -0.375 e. The summed E-state index contributed by atoms with van der Waals surface area (Å²) < 4.78 is 4.62. The van der Waals surface area contributed by atoms with Crippen molar-refractivity contribution in [3.63, 3.8) is 0 Å². The monoisotopic (exact) mass is 232 g/mol. The largest absolute Gasteiger partial charge is 0.375 e. The number of rotatable bonds is 6. The van der Waals surface area contributed by atoms with Gasteiger partial charge in [0.2, 0.25) is 11.8 Å². The highest BCUT2D eigenvalue weighted by Gasteiger charge is 2.05. The second-order valence-corrected chi connectivity index (χ2v) is 3.23. The second-order valence-electron chi connectivity index (χ2n) is 3.23. The van der Waals surface area contributed by atoms with E-state index in [1.54, 1.807) is 0 Å². The van der Waals surface area contributed by atoms with Crippen LogP contribution in [0.1, 0.15) is 27.7 Å². The highest BCUT2D eigenvalue weighted by atomic mass is 16.5. The summed E-state index contributed by atoms with van der Waals surface area (Å²) >= 11 is 0. The molecule has 0 saturated carbocycles. The van der Waals surface area contributed by atoms with E-state index in [9.17, 15) is 9.59 Å². The Morgan fingerprint density at radius 1 is 1.12 bits per heavy atom. The van der Waals surface area contributed by atoms with Gasteiger partial charge in [-0.2, -0.15) is 0 Å². The summed E-state index contributed by atoms with van der Waals surface area (Å²) in [5, 5.41) is 5.28. The van der Waals surface area contributed by atoms with Gasteiger partial charge in [-0.1, -0.05) is 27.7 Å². The third-order valence-corrected chi connectivity index (χ3v) is 1.55. The standard InChI is InChI=1S/C9H18N2O3.C2H6/c1-7(2)9(13)11-5-4-10-8(12)6-14-3;1-2/h7H,4-6H2,1-3H3,(H,10,12)(H,11,13);1-2H3. The van der Waals surface area contributed by atoms with Crippen LogP contribution in [-0.2, 0) is 14.3 Å². The van der Waals surface area contributed by atoms with E-state index in [0.29, 0.717) is 13.1 Å². The molecule has 2 amide bonds. The first-order valence-electron chi connectivity index (χ1n) is 5.61. The van der Waals surface area contributed by atoms with Crippen molar-refractivity contribution in [1.82, 2.24) is 10.6 Å². The molecular formula is C11H24N2O3. The first-order valence-corrected chi connectivity index (χ1v) is 5.61. The number of hydrogen-bond donors (Lipinski definition) is 2. The van der Waals surface area contributed by atoms with Crippen molar-refractivity contribution in [2.45, 2.75) is 27.7 Å². The van der Waals surface area contributed by atoms with Crippen LogP contribution < -0.4 is 10.6 Å². The maximum atomic E-state index is 11.1. The molecule has 0 bridgehead atoms. The number of methoxy groups -OCH3 is 1. The minimum absolute atomic E-state index is 0.00834. The first-order chi connectivity index (χ1) is 7.57. The predicted molar refractivity (Wildman–Crippen MR) is 64.1 cm³/mol. The van der Waals surface area contributed by atoms with E-state index in [4.69, 9.17) is 0 Å². The molecule has 0 rings (SSSR count). The van der Waals surface area contributed by atoms with Crippen molar-refractivity contribution in [2.75, 3.05) is 26.8 Å². The second kappa shape index (κ2) is 12.0. The zero-order valence-electron chi connectivity index (χ0n) is 10.9. The summed E-state index contributed by atoms with van der Waals surface area (Å²) in [7, 11) is 1.46. The van der Waals surface area contributed by atoms with E-state index in [2.05, 4.69) is 15.4 Å². The maximum absolute atomic E-state index is 11.1. The Morgan fingerprint density at radius 3 is 2.06 bits per heavy atom. The molecule has 0 saturated heterocycles. The topological polar surface area (TPSA) is 67.4 Å². The summed E-state index contributed by atoms with van der Waals surface area (Å²) in [6.07, 6.45) is 0. The summed E-state index contributed by atoms with van der Waals surface area (Å²) in [4.78, 5) is 21.9. The Labute approximate surface area is 97.9 Å². The van der Waals surface area contributed by atoms with Gasteiger partial charge in [-0.25, -0.2) is 0 Å². The molecule has 96 valence electrons. The molecule has 0 aromatic rings.